The standard InChI is InChI=1S/C11H10BrClN2O/c1-15-7-10(6-14-15)16-9-3-2-8(5-13)11(12)4-9/h2-4,6-7H,5H2,1H3. The Hall–Kier alpha value is -1.00. The number of alkyl halides is 1. The van der Waals surface area contributed by atoms with E-state index < -0.39 is 0 Å². The molecule has 5 heteroatoms. The lowest BCUT2D eigenvalue weighted by atomic mass is 10.2. The minimum atomic E-state index is 0.480. The van der Waals surface area contributed by atoms with Gasteiger partial charge in [-0.15, -0.1) is 11.6 Å². The molecule has 0 saturated carbocycles. The molecule has 1 heterocycles. The topological polar surface area (TPSA) is 27.1 Å². The highest BCUT2D eigenvalue weighted by atomic mass is 79.9. The first kappa shape index (κ1) is 11.5. The van der Waals surface area contributed by atoms with Crippen LogP contribution in [0.25, 0.3) is 0 Å². The number of benzene rings is 1. The number of rotatable bonds is 3. The van der Waals surface area contributed by atoms with E-state index in [1.165, 1.54) is 0 Å². The van der Waals surface area contributed by atoms with Gasteiger partial charge in [-0.3, -0.25) is 4.68 Å². The summed E-state index contributed by atoms with van der Waals surface area (Å²) in [5, 5.41) is 4.03. The molecular weight excluding hydrogens is 291 g/mol. The fourth-order valence-electron chi connectivity index (χ4n) is 1.29. The summed E-state index contributed by atoms with van der Waals surface area (Å²) >= 11 is 9.20. The summed E-state index contributed by atoms with van der Waals surface area (Å²) in [5.41, 5.74) is 1.04. The van der Waals surface area contributed by atoms with Crippen molar-refractivity contribution in [1.29, 1.82) is 0 Å². The first-order chi connectivity index (χ1) is 7.69. The zero-order chi connectivity index (χ0) is 11.5. The van der Waals surface area contributed by atoms with Crippen LogP contribution in [-0.4, -0.2) is 9.78 Å². The number of nitrogens with zero attached hydrogens (tertiary/aromatic N) is 2. The first-order valence-electron chi connectivity index (χ1n) is 4.70. The van der Waals surface area contributed by atoms with Gasteiger partial charge in [0, 0.05) is 17.4 Å². The van der Waals surface area contributed by atoms with E-state index in [-0.39, 0.29) is 0 Å². The molecule has 0 fully saturated rings. The van der Waals surface area contributed by atoms with Crippen LogP contribution in [-0.2, 0) is 12.9 Å². The molecular formula is C11H10BrClN2O. The molecule has 3 nitrogen and oxygen atoms in total. The highest BCUT2D eigenvalue weighted by Crippen LogP contribution is 2.27. The number of aryl methyl sites for hydroxylation is 1. The van der Waals surface area contributed by atoms with Gasteiger partial charge in [-0.25, -0.2) is 0 Å². The Morgan fingerprint density at radius 3 is 2.81 bits per heavy atom. The van der Waals surface area contributed by atoms with Crippen molar-refractivity contribution in [3.63, 3.8) is 0 Å². The first-order valence-corrected chi connectivity index (χ1v) is 6.02. The van der Waals surface area contributed by atoms with Gasteiger partial charge in [0.2, 0.25) is 0 Å². The maximum atomic E-state index is 5.76. The van der Waals surface area contributed by atoms with Gasteiger partial charge in [-0.1, -0.05) is 22.0 Å². The van der Waals surface area contributed by atoms with Crippen molar-refractivity contribution in [3.8, 4) is 11.5 Å². The van der Waals surface area contributed by atoms with Crippen molar-refractivity contribution in [2.24, 2.45) is 7.05 Å². The summed E-state index contributed by atoms with van der Waals surface area (Å²) < 4.78 is 8.26. The van der Waals surface area contributed by atoms with Crippen LogP contribution in [0.5, 0.6) is 11.5 Å². The van der Waals surface area contributed by atoms with Crippen molar-refractivity contribution in [3.05, 3.63) is 40.6 Å². The number of hydrogen-bond donors (Lipinski definition) is 0. The van der Waals surface area contributed by atoms with Crippen molar-refractivity contribution < 1.29 is 4.74 Å². The molecule has 0 N–H and O–H groups in total. The minimum Gasteiger partial charge on any atom is -0.454 e. The Labute approximate surface area is 107 Å². The Morgan fingerprint density at radius 2 is 2.25 bits per heavy atom. The summed E-state index contributed by atoms with van der Waals surface area (Å²) in [6.07, 6.45) is 3.48. The van der Waals surface area contributed by atoms with Gasteiger partial charge >= 0.3 is 0 Å². The number of aromatic nitrogens is 2. The third kappa shape index (κ3) is 2.57. The highest BCUT2D eigenvalue weighted by molar-refractivity contribution is 9.10. The van der Waals surface area contributed by atoms with Crippen LogP contribution in [0.2, 0.25) is 0 Å². The largest absolute Gasteiger partial charge is 0.454 e. The van der Waals surface area contributed by atoms with Gasteiger partial charge in [0.15, 0.2) is 5.75 Å². The minimum absolute atomic E-state index is 0.480. The van der Waals surface area contributed by atoms with E-state index in [9.17, 15) is 0 Å². The Bertz CT molecular complexity index is 498. The van der Waals surface area contributed by atoms with Crippen LogP contribution < -0.4 is 4.74 Å². The van der Waals surface area contributed by atoms with Crippen molar-refractivity contribution in [1.82, 2.24) is 9.78 Å². The van der Waals surface area contributed by atoms with Crippen LogP contribution in [0, 0.1) is 0 Å². The monoisotopic (exact) mass is 300 g/mol. The normalized spacial score (nSPS) is 10.4. The zero-order valence-corrected chi connectivity index (χ0v) is 11.0. The maximum absolute atomic E-state index is 5.76. The number of ether oxygens (including phenoxy) is 1. The summed E-state index contributed by atoms with van der Waals surface area (Å²) in [5.74, 6) is 1.95. The molecule has 1 aromatic carbocycles. The molecule has 0 aliphatic carbocycles. The molecule has 0 spiro atoms. The van der Waals surface area contributed by atoms with E-state index in [0.29, 0.717) is 11.6 Å². The van der Waals surface area contributed by atoms with Crippen LogP contribution >= 0.6 is 27.5 Å². The molecule has 0 saturated heterocycles. The second-order valence-corrected chi connectivity index (χ2v) is 4.46. The lowest BCUT2D eigenvalue weighted by molar-refractivity contribution is 0.481. The average Bonchev–Trinajstić information content (AvgIpc) is 2.64. The molecule has 0 bridgehead atoms. The molecule has 16 heavy (non-hydrogen) atoms. The summed E-state index contributed by atoms with van der Waals surface area (Å²) in [6.45, 7) is 0. The van der Waals surface area contributed by atoms with Gasteiger partial charge < -0.3 is 4.74 Å². The molecule has 0 unspecified atom stereocenters. The van der Waals surface area contributed by atoms with Gasteiger partial charge in [-0.05, 0) is 17.7 Å². The fourth-order valence-corrected chi connectivity index (χ4v) is 2.18. The lowest BCUT2D eigenvalue weighted by Crippen LogP contribution is -1.86. The van der Waals surface area contributed by atoms with E-state index in [1.54, 1.807) is 10.9 Å². The summed E-state index contributed by atoms with van der Waals surface area (Å²) in [7, 11) is 1.85. The summed E-state index contributed by atoms with van der Waals surface area (Å²) in [6, 6.07) is 5.71. The molecule has 2 aromatic rings. The summed E-state index contributed by atoms with van der Waals surface area (Å²) in [4.78, 5) is 0. The van der Waals surface area contributed by atoms with Gasteiger partial charge in [-0.2, -0.15) is 5.10 Å². The zero-order valence-electron chi connectivity index (χ0n) is 8.65. The van der Waals surface area contributed by atoms with E-state index in [2.05, 4.69) is 21.0 Å². The maximum Gasteiger partial charge on any atom is 0.165 e. The van der Waals surface area contributed by atoms with E-state index in [4.69, 9.17) is 16.3 Å². The SMILES string of the molecule is Cn1cc(Oc2ccc(CCl)c(Br)c2)cn1. The van der Waals surface area contributed by atoms with Crippen LogP contribution in [0.15, 0.2) is 35.1 Å². The number of halogens is 2. The molecule has 1 aromatic heterocycles. The Balaban J connectivity index is 2.19. The van der Waals surface area contributed by atoms with Crippen molar-refractivity contribution in [2.45, 2.75) is 5.88 Å². The van der Waals surface area contributed by atoms with Gasteiger partial charge in [0.05, 0.1) is 12.4 Å². The molecule has 0 radical (unpaired) electrons. The Kier molecular flexibility index (Phi) is 3.51. The van der Waals surface area contributed by atoms with Crippen LogP contribution in [0.4, 0.5) is 0 Å². The third-order valence-electron chi connectivity index (χ3n) is 2.09. The Morgan fingerprint density at radius 1 is 1.44 bits per heavy atom. The molecule has 0 aliphatic heterocycles. The van der Waals surface area contributed by atoms with E-state index >= 15 is 0 Å². The van der Waals surface area contributed by atoms with Crippen molar-refractivity contribution in [2.75, 3.05) is 0 Å². The second kappa shape index (κ2) is 4.89. The van der Waals surface area contributed by atoms with Crippen LogP contribution in [0.1, 0.15) is 5.56 Å². The predicted octanol–water partition coefficient (Wildman–Crippen LogP) is 3.71. The van der Waals surface area contributed by atoms with Crippen LogP contribution in [0.3, 0.4) is 0 Å². The van der Waals surface area contributed by atoms with Gasteiger partial charge in [0.1, 0.15) is 5.75 Å². The molecule has 2 rings (SSSR count). The van der Waals surface area contributed by atoms with Crippen molar-refractivity contribution >= 4 is 27.5 Å². The quantitative estimate of drug-likeness (QED) is 0.808. The smallest absolute Gasteiger partial charge is 0.165 e. The van der Waals surface area contributed by atoms with Gasteiger partial charge in [0.25, 0.3) is 0 Å². The molecule has 84 valence electrons. The highest BCUT2D eigenvalue weighted by Gasteiger charge is 2.03. The second-order valence-electron chi connectivity index (χ2n) is 3.34. The molecule has 0 aliphatic rings. The number of hydrogen-bond acceptors (Lipinski definition) is 2. The lowest BCUT2D eigenvalue weighted by Gasteiger charge is -2.05. The van der Waals surface area contributed by atoms with E-state index in [0.717, 1.165) is 15.8 Å². The van der Waals surface area contributed by atoms with E-state index in [1.807, 2.05) is 31.4 Å². The average molecular weight is 302 g/mol. The fraction of sp³-hybridized carbons (Fsp3) is 0.182. The third-order valence-corrected chi connectivity index (χ3v) is 3.11. The molecule has 0 amide bonds. The predicted molar refractivity (Wildman–Crippen MR) is 67.0 cm³/mol. The molecule has 0 atom stereocenters.